The standard InChI is InChI=1S/C20H32Cl2OSi/c1-4-5-6-7-8-9-10-11-12-15-20(2,3)24-23-17-13-14-18(21)19(22)16-17/h13-14,16H,4-12,15H2,1-3H3. The maximum Gasteiger partial charge on any atom is 0.317 e. The average Bonchev–Trinajstić information content (AvgIpc) is 2.54. The second-order valence-electron chi connectivity index (χ2n) is 7.24. The molecule has 0 saturated heterocycles. The number of unbranched alkanes of at least 4 members (excludes halogenated alkanes) is 8. The van der Waals surface area contributed by atoms with Crippen molar-refractivity contribution in [3.05, 3.63) is 28.2 Å². The molecule has 0 unspecified atom stereocenters. The Kier molecular flexibility index (Phi) is 11.1. The van der Waals surface area contributed by atoms with Gasteiger partial charge in [-0.15, -0.1) is 0 Å². The molecule has 0 aliphatic heterocycles. The van der Waals surface area contributed by atoms with Crippen molar-refractivity contribution in [2.75, 3.05) is 0 Å². The van der Waals surface area contributed by atoms with Crippen LogP contribution >= 0.6 is 23.2 Å². The van der Waals surface area contributed by atoms with Gasteiger partial charge in [-0.1, -0.05) is 102 Å². The maximum absolute atomic E-state index is 6.03. The molecule has 0 aromatic heterocycles. The highest BCUT2D eigenvalue weighted by atomic mass is 35.5. The first-order valence-corrected chi connectivity index (χ1v) is 11.0. The molecular weight excluding hydrogens is 355 g/mol. The average molecular weight is 387 g/mol. The molecule has 1 nitrogen and oxygen atoms in total. The molecule has 0 aliphatic rings. The first kappa shape index (κ1) is 21.9. The van der Waals surface area contributed by atoms with Crippen molar-refractivity contribution < 1.29 is 4.43 Å². The topological polar surface area (TPSA) is 9.23 Å². The van der Waals surface area contributed by atoms with Crippen LogP contribution in [0.25, 0.3) is 0 Å². The van der Waals surface area contributed by atoms with E-state index in [1.54, 1.807) is 12.1 Å². The minimum Gasteiger partial charge on any atom is -0.540 e. The Labute approximate surface area is 161 Å². The Balaban J connectivity index is 2.11. The van der Waals surface area contributed by atoms with E-state index in [0.717, 1.165) is 5.75 Å². The molecule has 0 N–H and O–H groups in total. The zero-order valence-electron chi connectivity index (χ0n) is 15.5. The van der Waals surface area contributed by atoms with E-state index >= 15 is 0 Å². The molecule has 24 heavy (non-hydrogen) atoms. The van der Waals surface area contributed by atoms with E-state index in [4.69, 9.17) is 27.6 Å². The quantitative estimate of drug-likeness (QED) is 0.245. The Hall–Kier alpha value is -0.183. The molecule has 0 aliphatic carbocycles. The molecule has 0 fully saturated rings. The summed E-state index contributed by atoms with van der Waals surface area (Å²) in [5.41, 5.74) is 0. The van der Waals surface area contributed by atoms with Gasteiger partial charge in [0.1, 0.15) is 5.75 Å². The van der Waals surface area contributed by atoms with Gasteiger partial charge in [-0.25, -0.2) is 0 Å². The molecule has 1 aromatic carbocycles. The van der Waals surface area contributed by atoms with E-state index in [2.05, 4.69) is 20.8 Å². The van der Waals surface area contributed by atoms with Gasteiger partial charge in [-0.3, -0.25) is 0 Å². The molecule has 1 aromatic rings. The van der Waals surface area contributed by atoms with Crippen LogP contribution in [0, 0.1) is 0 Å². The predicted molar refractivity (Wildman–Crippen MR) is 109 cm³/mol. The van der Waals surface area contributed by atoms with Crippen LogP contribution in [0.4, 0.5) is 0 Å². The van der Waals surface area contributed by atoms with Gasteiger partial charge >= 0.3 is 9.76 Å². The number of hydrogen-bond acceptors (Lipinski definition) is 1. The Bertz CT molecular complexity index is 463. The second-order valence-corrected chi connectivity index (χ2v) is 9.82. The smallest absolute Gasteiger partial charge is 0.317 e. The van der Waals surface area contributed by atoms with Crippen LogP contribution in [-0.2, 0) is 0 Å². The molecular formula is C20H32Cl2OSi. The molecule has 0 bridgehead atoms. The van der Waals surface area contributed by atoms with Crippen molar-refractivity contribution >= 4 is 33.0 Å². The van der Waals surface area contributed by atoms with Crippen molar-refractivity contribution in [2.24, 2.45) is 0 Å². The zero-order chi connectivity index (χ0) is 17.8. The van der Waals surface area contributed by atoms with E-state index < -0.39 is 0 Å². The van der Waals surface area contributed by atoms with Gasteiger partial charge in [0, 0.05) is 0 Å². The minimum atomic E-state index is 0.216. The van der Waals surface area contributed by atoms with Gasteiger partial charge in [0.25, 0.3) is 0 Å². The predicted octanol–water partition coefficient (Wildman–Crippen LogP) is 8.11. The van der Waals surface area contributed by atoms with Gasteiger partial charge in [-0.05, 0) is 29.7 Å². The van der Waals surface area contributed by atoms with Crippen LogP contribution in [0.5, 0.6) is 5.75 Å². The van der Waals surface area contributed by atoms with Gasteiger partial charge in [0.15, 0.2) is 0 Å². The highest BCUT2D eigenvalue weighted by Gasteiger charge is 2.21. The molecule has 2 radical (unpaired) electrons. The third-order valence-electron chi connectivity index (χ3n) is 4.24. The van der Waals surface area contributed by atoms with E-state index in [0.29, 0.717) is 19.8 Å². The highest BCUT2D eigenvalue weighted by molar-refractivity contribution is 6.42. The van der Waals surface area contributed by atoms with Gasteiger partial charge in [-0.2, -0.15) is 0 Å². The summed E-state index contributed by atoms with van der Waals surface area (Å²) < 4.78 is 5.92. The molecule has 0 atom stereocenters. The van der Waals surface area contributed by atoms with Crippen LogP contribution in [0.2, 0.25) is 15.1 Å². The number of benzene rings is 1. The lowest BCUT2D eigenvalue weighted by atomic mass is 10.0. The van der Waals surface area contributed by atoms with E-state index in [-0.39, 0.29) is 5.04 Å². The van der Waals surface area contributed by atoms with Gasteiger partial charge in [0.2, 0.25) is 0 Å². The van der Waals surface area contributed by atoms with Crippen LogP contribution in [0.15, 0.2) is 18.2 Å². The SMILES string of the molecule is CCCCCCCCCCCC(C)(C)[Si]Oc1ccc(Cl)c(Cl)c1. The summed E-state index contributed by atoms with van der Waals surface area (Å²) in [5, 5.41) is 1.34. The van der Waals surface area contributed by atoms with Crippen molar-refractivity contribution in [2.45, 2.75) is 90.0 Å². The molecule has 0 spiro atoms. The van der Waals surface area contributed by atoms with Crippen LogP contribution < -0.4 is 4.43 Å². The Morgan fingerprint density at radius 1 is 0.875 bits per heavy atom. The molecule has 0 saturated carbocycles. The molecule has 4 heteroatoms. The zero-order valence-corrected chi connectivity index (χ0v) is 18.0. The lowest BCUT2D eigenvalue weighted by Gasteiger charge is -2.22. The van der Waals surface area contributed by atoms with E-state index in [1.165, 1.54) is 64.2 Å². The van der Waals surface area contributed by atoms with Crippen LogP contribution in [0.3, 0.4) is 0 Å². The normalized spacial score (nSPS) is 11.7. The first-order valence-electron chi connectivity index (χ1n) is 9.33. The summed E-state index contributed by atoms with van der Waals surface area (Å²) in [6.45, 7) is 6.84. The van der Waals surface area contributed by atoms with Gasteiger partial charge < -0.3 is 4.43 Å². The first-order chi connectivity index (χ1) is 11.4. The summed E-state index contributed by atoms with van der Waals surface area (Å²) >= 11 is 12.0. The van der Waals surface area contributed by atoms with Gasteiger partial charge in [0.05, 0.1) is 10.0 Å². The van der Waals surface area contributed by atoms with Crippen molar-refractivity contribution in [1.29, 1.82) is 0 Å². The summed E-state index contributed by atoms with van der Waals surface area (Å²) in [6.07, 6.45) is 13.6. The maximum atomic E-state index is 6.03. The lowest BCUT2D eigenvalue weighted by Crippen LogP contribution is -2.19. The van der Waals surface area contributed by atoms with Crippen LogP contribution in [0.1, 0.15) is 85.0 Å². The third kappa shape index (κ3) is 9.96. The second kappa shape index (κ2) is 12.2. The summed E-state index contributed by atoms with van der Waals surface area (Å²) in [4.78, 5) is 0. The van der Waals surface area contributed by atoms with Crippen LogP contribution in [-0.4, -0.2) is 9.76 Å². The largest absolute Gasteiger partial charge is 0.540 e. The third-order valence-corrected chi connectivity index (χ3v) is 6.12. The fourth-order valence-corrected chi connectivity index (χ4v) is 3.75. The Morgan fingerprint density at radius 3 is 2.04 bits per heavy atom. The summed E-state index contributed by atoms with van der Waals surface area (Å²) in [5.74, 6) is 0.808. The summed E-state index contributed by atoms with van der Waals surface area (Å²) in [7, 11) is 0.440. The fourth-order valence-electron chi connectivity index (χ4n) is 2.67. The molecule has 136 valence electrons. The number of hydrogen-bond donors (Lipinski definition) is 0. The molecule has 0 amide bonds. The molecule has 0 heterocycles. The fraction of sp³-hybridized carbons (Fsp3) is 0.700. The van der Waals surface area contributed by atoms with E-state index in [1.807, 2.05) is 6.07 Å². The van der Waals surface area contributed by atoms with Crippen molar-refractivity contribution in [3.63, 3.8) is 0 Å². The highest BCUT2D eigenvalue weighted by Crippen LogP contribution is 2.32. The minimum absolute atomic E-state index is 0.216. The molecule has 1 rings (SSSR count). The van der Waals surface area contributed by atoms with Crippen molar-refractivity contribution in [1.82, 2.24) is 0 Å². The monoisotopic (exact) mass is 386 g/mol. The Morgan fingerprint density at radius 2 is 1.46 bits per heavy atom. The van der Waals surface area contributed by atoms with Crippen molar-refractivity contribution in [3.8, 4) is 5.75 Å². The van der Waals surface area contributed by atoms with E-state index in [9.17, 15) is 0 Å². The lowest BCUT2D eigenvalue weighted by molar-refractivity contribution is 0.474. The number of rotatable bonds is 13. The summed E-state index contributed by atoms with van der Waals surface area (Å²) in [6, 6.07) is 5.47. The number of halogens is 2.